The summed E-state index contributed by atoms with van der Waals surface area (Å²) in [4.78, 5) is 27.2. The number of thiophene rings is 1. The number of carboxylic acids is 1. The summed E-state index contributed by atoms with van der Waals surface area (Å²) in [5, 5.41) is 19.5. The van der Waals surface area contributed by atoms with Crippen molar-refractivity contribution < 1.29 is 19.2 Å². The standard InChI is InChI=1S/C15H17N3O4S/c19-11(17-15(5-1-6-15)8-13(20)21)2-3-12-16-14(18-22-12)10-4-7-23-9-10/h4,7,9H,1-3,5-6,8H2,(H,17,19)(H,20,21). The van der Waals surface area contributed by atoms with Gasteiger partial charge in [0.05, 0.1) is 12.0 Å². The molecule has 1 aliphatic carbocycles. The van der Waals surface area contributed by atoms with Crippen molar-refractivity contribution in [2.75, 3.05) is 0 Å². The lowest BCUT2D eigenvalue weighted by Gasteiger charge is -2.41. The van der Waals surface area contributed by atoms with Crippen LogP contribution in [0.15, 0.2) is 21.3 Å². The maximum Gasteiger partial charge on any atom is 0.305 e. The topological polar surface area (TPSA) is 105 Å². The van der Waals surface area contributed by atoms with Crippen LogP contribution in [0.2, 0.25) is 0 Å². The van der Waals surface area contributed by atoms with E-state index in [4.69, 9.17) is 9.63 Å². The summed E-state index contributed by atoms with van der Waals surface area (Å²) >= 11 is 1.55. The second-order valence-corrected chi connectivity index (χ2v) is 6.56. The average molecular weight is 335 g/mol. The Balaban J connectivity index is 1.52. The largest absolute Gasteiger partial charge is 0.481 e. The average Bonchev–Trinajstić information content (AvgIpc) is 3.13. The fourth-order valence-electron chi connectivity index (χ4n) is 2.68. The quantitative estimate of drug-likeness (QED) is 0.804. The van der Waals surface area contributed by atoms with Gasteiger partial charge in [0.25, 0.3) is 0 Å². The molecular formula is C15H17N3O4S. The monoisotopic (exact) mass is 335 g/mol. The molecule has 2 aromatic heterocycles. The fraction of sp³-hybridized carbons (Fsp3) is 0.467. The van der Waals surface area contributed by atoms with Gasteiger partial charge in [0, 0.05) is 23.8 Å². The highest BCUT2D eigenvalue weighted by atomic mass is 32.1. The first-order valence-electron chi connectivity index (χ1n) is 7.44. The van der Waals surface area contributed by atoms with Crippen molar-refractivity contribution in [1.29, 1.82) is 0 Å². The van der Waals surface area contributed by atoms with Crippen LogP contribution in [0.5, 0.6) is 0 Å². The Hall–Kier alpha value is -2.22. The van der Waals surface area contributed by atoms with Crippen molar-refractivity contribution >= 4 is 23.2 Å². The van der Waals surface area contributed by atoms with Gasteiger partial charge in [-0.2, -0.15) is 16.3 Å². The minimum atomic E-state index is -0.887. The van der Waals surface area contributed by atoms with Gasteiger partial charge in [-0.1, -0.05) is 5.16 Å². The highest BCUT2D eigenvalue weighted by Gasteiger charge is 2.40. The number of nitrogens with zero attached hydrogens (tertiary/aromatic N) is 2. The molecular weight excluding hydrogens is 318 g/mol. The first kappa shape index (κ1) is 15.7. The van der Waals surface area contributed by atoms with Crippen LogP contribution in [0.1, 0.15) is 38.0 Å². The first-order valence-corrected chi connectivity index (χ1v) is 8.39. The lowest BCUT2D eigenvalue weighted by Crippen LogP contribution is -2.54. The maximum atomic E-state index is 12.0. The van der Waals surface area contributed by atoms with Gasteiger partial charge >= 0.3 is 5.97 Å². The van der Waals surface area contributed by atoms with E-state index in [2.05, 4.69) is 15.5 Å². The van der Waals surface area contributed by atoms with Crippen LogP contribution in [-0.4, -0.2) is 32.7 Å². The van der Waals surface area contributed by atoms with Crippen molar-refractivity contribution in [3.63, 3.8) is 0 Å². The van der Waals surface area contributed by atoms with Crippen LogP contribution >= 0.6 is 11.3 Å². The summed E-state index contributed by atoms with van der Waals surface area (Å²) in [5.74, 6) is -0.145. The smallest absolute Gasteiger partial charge is 0.305 e. The number of hydrogen-bond donors (Lipinski definition) is 2. The molecule has 0 bridgehead atoms. The molecule has 1 amide bonds. The number of aliphatic carboxylic acids is 1. The third kappa shape index (κ3) is 3.76. The molecule has 1 aliphatic rings. The first-order chi connectivity index (χ1) is 11.1. The summed E-state index contributed by atoms with van der Waals surface area (Å²) in [7, 11) is 0. The lowest BCUT2D eigenvalue weighted by atomic mass is 9.74. The molecule has 0 unspecified atom stereocenters. The van der Waals surface area contributed by atoms with E-state index in [1.165, 1.54) is 0 Å². The SMILES string of the molecule is O=C(O)CC1(NC(=O)CCc2nc(-c3ccsc3)no2)CCC1. The molecule has 122 valence electrons. The number of nitrogens with one attached hydrogen (secondary N) is 1. The van der Waals surface area contributed by atoms with Gasteiger partial charge in [0.1, 0.15) is 0 Å². The highest BCUT2D eigenvalue weighted by Crippen LogP contribution is 2.35. The molecule has 0 aromatic carbocycles. The molecule has 3 rings (SSSR count). The van der Waals surface area contributed by atoms with Crippen molar-refractivity contribution in [2.24, 2.45) is 0 Å². The minimum absolute atomic E-state index is 0.0262. The number of hydrogen-bond acceptors (Lipinski definition) is 6. The van der Waals surface area contributed by atoms with E-state index in [0.29, 0.717) is 31.0 Å². The van der Waals surface area contributed by atoms with Crippen LogP contribution in [0, 0.1) is 0 Å². The number of aromatic nitrogens is 2. The molecule has 1 saturated carbocycles. The summed E-state index contributed by atoms with van der Waals surface area (Å²) < 4.78 is 5.14. The molecule has 0 spiro atoms. The zero-order chi connectivity index (χ0) is 16.3. The van der Waals surface area contributed by atoms with E-state index in [1.807, 2.05) is 16.8 Å². The Bertz CT molecular complexity index is 691. The fourth-order valence-corrected chi connectivity index (χ4v) is 3.32. The summed E-state index contributed by atoms with van der Waals surface area (Å²) in [5.41, 5.74) is 0.323. The van der Waals surface area contributed by atoms with E-state index in [0.717, 1.165) is 12.0 Å². The molecule has 0 atom stereocenters. The van der Waals surface area contributed by atoms with E-state index in [-0.39, 0.29) is 18.7 Å². The van der Waals surface area contributed by atoms with Crippen molar-refractivity contribution in [3.05, 3.63) is 22.7 Å². The second kappa shape index (κ2) is 6.49. The summed E-state index contributed by atoms with van der Waals surface area (Å²) in [6.07, 6.45) is 2.89. The van der Waals surface area contributed by atoms with E-state index < -0.39 is 11.5 Å². The Kier molecular flexibility index (Phi) is 4.42. The third-order valence-electron chi connectivity index (χ3n) is 4.02. The van der Waals surface area contributed by atoms with E-state index in [1.54, 1.807) is 11.3 Å². The van der Waals surface area contributed by atoms with Crippen molar-refractivity contribution in [3.8, 4) is 11.4 Å². The van der Waals surface area contributed by atoms with Crippen LogP contribution in [0.3, 0.4) is 0 Å². The van der Waals surface area contributed by atoms with E-state index >= 15 is 0 Å². The number of rotatable bonds is 7. The molecule has 7 nitrogen and oxygen atoms in total. The van der Waals surface area contributed by atoms with E-state index in [9.17, 15) is 9.59 Å². The number of aryl methyl sites for hydroxylation is 1. The number of amides is 1. The number of carbonyl (C=O) groups is 2. The minimum Gasteiger partial charge on any atom is -0.481 e. The molecule has 2 N–H and O–H groups in total. The van der Waals surface area contributed by atoms with Gasteiger partial charge in [0.2, 0.25) is 17.6 Å². The van der Waals surface area contributed by atoms with Crippen LogP contribution < -0.4 is 5.32 Å². The van der Waals surface area contributed by atoms with Gasteiger partial charge in [-0.25, -0.2) is 0 Å². The van der Waals surface area contributed by atoms with Crippen molar-refractivity contribution in [1.82, 2.24) is 15.5 Å². The van der Waals surface area contributed by atoms with Crippen LogP contribution in [0.25, 0.3) is 11.4 Å². The second-order valence-electron chi connectivity index (χ2n) is 5.78. The maximum absolute atomic E-state index is 12.0. The van der Waals surface area contributed by atoms with Gasteiger partial charge in [0.15, 0.2) is 0 Å². The molecule has 2 heterocycles. The summed E-state index contributed by atoms with van der Waals surface area (Å²) in [6.45, 7) is 0. The molecule has 0 saturated heterocycles. The molecule has 2 aromatic rings. The predicted octanol–water partition coefficient (Wildman–Crippen LogP) is 2.24. The third-order valence-corrected chi connectivity index (χ3v) is 4.70. The zero-order valence-electron chi connectivity index (χ0n) is 12.4. The highest BCUT2D eigenvalue weighted by molar-refractivity contribution is 7.08. The molecule has 8 heteroatoms. The predicted molar refractivity (Wildman–Crippen MR) is 82.9 cm³/mol. The van der Waals surface area contributed by atoms with Crippen molar-refractivity contribution in [2.45, 2.75) is 44.1 Å². The lowest BCUT2D eigenvalue weighted by molar-refractivity contribution is -0.140. The number of carboxylic acid groups (broad SMARTS) is 1. The Morgan fingerprint density at radius 1 is 1.43 bits per heavy atom. The van der Waals surface area contributed by atoms with Crippen LogP contribution in [-0.2, 0) is 16.0 Å². The van der Waals surface area contributed by atoms with Gasteiger partial charge in [-0.3, -0.25) is 9.59 Å². The zero-order valence-corrected chi connectivity index (χ0v) is 13.3. The molecule has 23 heavy (non-hydrogen) atoms. The Morgan fingerprint density at radius 2 is 2.26 bits per heavy atom. The Labute approximate surface area is 136 Å². The normalized spacial score (nSPS) is 15.8. The Morgan fingerprint density at radius 3 is 2.87 bits per heavy atom. The molecule has 0 radical (unpaired) electrons. The van der Waals surface area contributed by atoms with Gasteiger partial charge in [-0.15, -0.1) is 0 Å². The van der Waals surface area contributed by atoms with Gasteiger partial charge in [-0.05, 0) is 30.7 Å². The van der Waals surface area contributed by atoms with Gasteiger partial charge < -0.3 is 14.9 Å². The molecule has 1 fully saturated rings. The van der Waals surface area contributed by atoms with Crippen LogP contribution in [0.4, 0.5) is 0 Å². The molecule has 0 aliphatic heterocycles. The summed E-state index contributed by atoms with van der Waals surface area (Å²) in [6, 6.07) is 1.90. The number of carbonyl (C=O) groups excluding carboxylic acids is 1.